The van der Waals surface area contributed by atoms with Crippen molar-refractivity contribution in [1.82, 2.24) is 4.31 Å². The predicted molar refractivity (Wildman–Crippen MR) is 72.0 cm³/mol. The van der Waals surface area contributed by atoms with Crippen molar-refractivity contribution in [2.75, 3.05) is 13.1 Å². The molecule has 1 aromatic carbocycles. The minimum absolute atomic E-state index is 0.409. The van der Waals surface area contributed by atoms with E-state index in [1.54, 1.807) is 28.6 Å². The summed E-state index contributed by atoms with van der Waals surface area (Å²) < 4.78 is 25.8. The molecule has 0 aromatic heterocycles. The first-order chi connectivity index (χ1) is 8.62. The van der Waals surface area contributed by atoms with Crippen LogP contribution in [0.25, 0.3) is 0 Å². The first kappa shape index (κ1) is 14.9. The molecule has 0 spiro atoms. The van der Waals surface area contributed by atoms with Crippen LogP contribution in [-0.2, 0) is 22.7 Å². The Bertz CT molecular complexity index is 489. The summed E-state index contributed by atoms with van der Waals surface area (Å²) in [6, 6.07) is 8.66. The highest BCUT2D eigenvalue weighted by Gasteiger charge is 2.25. The second-order valence-electron chi connectivity index (χ2n) is 3.87. The molecule has 6 heteroatoms. The van der Waals surface area contributed by atoms with Crippen LogP contribution in [0.15, 0.2) is 35.2 Å². The molecular formula is C12H15N2O2S2-. The summed E-state index contributed by atoms with van der Waals surface area (Å²) in [7, 11) is -3.23. The van der Waals surface area contributed by atoms with Gasteiger partial charge in [0.2, 0.25) is 10.0 Å². The molecule has 4 nitrogen and oxygen atoms in total. The zero-order chi connectivity index (χ0) is 13.4. The Morgan fingerprint density at radius 3 is 2.11 bits per heavy atom. The molecule has 0 atom stereocenters. The standard InChI is InChI=1S/C11H15NO2S.CHNS/c13-15(14,11-7-3-1-4-8-11)12-9-5-2-6-10-12;2-1-3/h1,3-4,7-8H,2,5-6,9-10H2;3H/p-1. The molecule has 0 N–H and O–H groups in total. The van der Waals surface area contributed by atoms with E-state index in [9.17, 15) is 8.42 Å². The van der Waals surface area contributed by atoms with E-state index in [0.29, 0.717) is 18.0 Å². The van der Waals surface area contributed by atoms with Gasteiger partial charge in [-0.2, -0.15) is 4.31 Å². The molecule has 1 aromatic rings. The SMILES string of the molecule is N#C[S-].O=S(=O)(c1ccccc1)N1CCCCC1. The van der Waals surface area contributed by atoms with Gasteiger partial charge in [-0.15, -0.1) is 0 Å². The van der Waals surface area contributed by atoms with E-state index in [1.165, 1.54) is 5.40 Å². The Kier molecular flexibility index (Phi) is 6.05. The number of benzene rings is 1. The van der Waals surface area contributed by atoms with Gasteiger partial charge in [-0.3, -0.25) is 0 Å². The van der Waals surface area contributed by atoms with E-state index >= 15 is 0 Å². The predicted octanol–water partition coefficient (Wildman–Crippen LogP) is 1.88. The van der Waals surface area contributed by atoms with Crippen molar-refractivity contribution in [3.8, 4) is 5.40 Å². The third kappa shape index (κ3) is 3.95. The molecule has 98 valence electrons. The Balaban J connectivity index is 0.000000492. The molecule has 1 aliphatic heterocycles. The van der Waals surface area contributed by atoms with Gasteiger partial charge in [0.15, 0.2) is 0 Å². The number of thiocyanates is 1. The summed E-state index contributed by atoms with van der Waals surface area (Å²) in [6.45, 7) is 1.33. The quantitative estimate of drug-likeness (QED) is 0.614. The summed E-state index contributed by atoms with van der Waals surface area (Å²) in [4.78, 5) is 0.409. The Hall–Kier alpha value is -1.16. The van der Waals surface area contributed by atoms with Crippen molar-refractivity contribution < 1.29 is 8.42 Å². The van der Waals surface area contributed by atoms with E-state index in [-0.39, 0.29) is 0 Å². The maximum absolute atomic E-state index is 12.1. The molecule has 18 heavy (non-hydrogen) atoms. The Labute approximate surface area is 114 Å². The largest absolute Gasteiger partial charge is 0.696 e. The fraction of sp³-hybridized carbons (Fsp3) is 0.417. The van der Waals surface area contributed by atoms with Crippen LogP contribution in [0.5, 0.6) is 0 Å². The lowest BCUT2D eigenvalue weighted by molar-refractivity contribution is 0.346. The second kappa shape index (κ2) is 7.31. The number of sulfonamides is 1. The molecule has 0 aliphatic carbocycles. The first-order valence-corrected chi connectivity index (χ1v) is 7.54. The minimum Gasteiger partial charge on any atom is -0.696 e. The van der Waals surface area contributed by atoms with Gasteiger partial charge >= 0.3 is 0 Å². The van der Waals surface area contributed by atoms with Crippen molar-refractivity contribution in [2.24, 2.45) is 0 Å². The monoisotopic (exact) mass is 283 g/mol. The van der Waals surface area contributed by atoms with Crippen LogP contribution in [0, 0.1) is 10.7 Å². The highest BCUT2D eigenvalue weighted by molar-refractivity contribution is 7.89. The Morgan fingerprint density at radius 2 is 1.61 bits per heavy atom. The fourth-order valence-corrected chi connectivity index (χ4v) is 3.38. The van der Waals surface area contributed by atoms with Gasteiger partial charge in [0, 0.05) is 13.1 Å². The van der Waals surface area contributed by atoms with Gasteiger partial charge in [-0.25, -0.2) is 13.7 Å². The topological polar surface area (TPSA) is 61.2 Å². The van der Waals surface area contributed by atoms with Gasteiger partial charge < -0.3 is 12.6 Å². The lowest BCUT2D eigenvalue weighted by Gasteiger charge is -2.25. The van der Waals surface area contributed by atoms with Crippen molar-refractivity contribution in [3.05, 3.63) is 30.3 Å². The van der Waals surface area contributed by atoms with Crippen LogP contribution in [0.1, 0.15) is 19.3 Å². The highest BCUT2D eigenvalue weighted by atomic mass is 32.2. The molecule has 0 saturated carbocycles. The lowest BCUT2D eigenvalue weighted by Crippen LogP contribution is -2.35. The zero-order valence-electron chi connectivity index (χ0n) is 9.95. The number of piperidine rings is 1. The van der Waals surface area contributed by atoms with E-state index in [4.69, 9.17) is 5.26 Å². The van der Waals surface area contributed by atoms with Crippen LogP contribution in [0.3, 0.4) is 0 Å². The summed E-state index contributed by atoms with van der Waals surface area (Å²) in [5.41, 5.74) is 0. The lowest BCUT2D eigenvalue weighted by atomic mass is 10.2. The molecule has 1 fully saturated rings. The molecule has 0 unspecified atom stereocenters. The summed E-state index contributed by atoms with van der Waals surface area (Å²) in [5.74, 6) is 0. The van der Waals surface area contributed by atoms with E-state index in [0.717, 1.165) is 19.3 Å². The maximum Gasteiger partial charge on any atom is 0.243 e. The summed E-state index contributed by atoms with van der Waals surface area (Å²) >= 11 is 3.70. The van der Waals surface area contributed by atoms with Crippen LogP contribution in [-0.4, -0.2) is 25.8 Å². The van der Waals surface area contributed by atoms with Crippen LogP contribution in [0.2, 0.25) is 0 Å². The number of rotatable bonds is 2. The third-order valence-electron chi connectivity index (χ3n) is 2.70. The number of hydrogen-bond acceptors (Lipinski definition) is 4. The van der Waals surface area contributed by atoms with Crippen LogP contribution < -0.4 is 0 Å². The van der Waals surface area contributed by atoms with Gasteiger partial charge in [0.05, 0.1) is 4.90 Å². The van der Waals surface area contributed by atoms with E-state index in [1.807, 2.05) is 6.07 Å². The van der Waals surface area contributed by atoms with Crippen molar-refractivity contribution in [1.29, 1.82) is 5.26 Å². The molecular weight excluding hydrogens is 268 g/mol. The molecule has 2 rings (SSSR count). The Morgan fingerprint density at radius 1 is 1.11 bits per heavy atom. The van der Waals surface area contributed by atoms with Gasteiger partial charge in [-0.1, -0.05) is 30.0 Å². The molecule has 1 saturated heterocycles. The third-order valence-corrected chi connectivity index (χ3v) is 4.61. The summed E-state index contributed by atoms with van der Waals surface area (Å²) in [5, 5.41) is 8.47. The zero-order valence-corrected chi connectivity index (χ0v) is 11.6. The molecule has 0 bridgehead atoms. The molecule has 0 radical (unpaired) electrons. The number of nitriles is 1. The highest BCUT2D eigenvalue weighted by Crippen LogP contribution is 2.19. The number of nitrogens with zero attached hydrogens (tertiary/aromatic N) is 2. The van der Waals surface area contributed by atoms with Gasteiger partial charge in [-0.05, 0) is 25.0 Å². The smallest absolute Gasteiger partial charge is 0.243 e. The second-order valence-corrected chi connectivity index (χ2v) is 5.99. The van der Waals surface area contributed by atoms with E-state index < -0.39 is 10.0 Å². The van der Waals surface area contributed by atoms with Crippen LogP contribution >= 0.6 is 0 Å². The average Bonchev–Trinajstić information content (AvgIpc) is 2.42. The van der Waals surface area contributed by atoms with Gasteiger partial charge in [0.1, 0.15) is 0 Å². The minimum atomic E-state index is -3.23. The molecule has 1 heterocycles. The van der Waals surface area contributed by atoms with Crippen LogP contribution in [0.4, 0.5) is 0 Å². The molecule has 0 amide bonds. The maximum atomic E-state index is 12.1. The van der Waals surface area contributed by atoms with E-state index in [2.05, 4.69) is 12.6 Å². The van der Waals surface area contributed by atoms with Crippen molar-refractivity contribution in [3.63, 3.8) is 0 Å². The normalized spacial score (nSPS) is 16.2. The first-order valence-electron chi connectivity index (χ1n) is 5.69. The molecule has 1 aliphatic rings. The van der Waals surface area contributed by atoms with Gasteiger partial charge in [0.25, 0.3) is 0 Å². The van der Waals surface area contributed by atoms with Crippen molar-refractivity contribution >= 4 is 22.7 Å². The average molecular weight is 283 g/mol. The summed E-state index contributed by atoms with van der Waals surface area (Å²) in [6.07, 6.45) is 3.10. The van der Waals surface area contributed by atoms with Crippen molar-refractivity contribution in [2.45, 2.75) is 24.2 Å². The number of hydrogen-bond donors (Lipinski definition) is 0. The fourth-order valence-electron chi connectivity index (χ4n) is 1.85.